The van der Waals surface area contributed by atoms with Crippen molar-refractivity contribution in [3.8, 4) is 0 Å². The molecule has 0 saturated heterocycles. The SMILES string of the molecule is Cc1cc(C)c(C(N)c2cccnc2C)c(F)c1. The molecule has 1 aromatic heterocycles. The quantitative estimate of drug-likeness (QED) is 0.881. The molecule has 1 heterocycles. The van der Waals surface area contributed by atoms with E-state index in [0.29, 0.717) is 5.56 Å². The van der Waals surface area contributed by atoms with E-state index in [9.17, 15) is 4.39 Å². The van der Waals surface area contributed by atoms with Crippen LogP contribution in [0.25, 0.3) is 0 Å². The van der Waals surface area contributed by atoms with Crippen molar-refractivity contribution in [3.63, 3.8) is 0 Å². The molecular weight excluding hydrogens is 227 g/mol. The number of aromatic nitrogens is 1. The molecule has 0 fully saturated rings. The van der Waals surface area contributed by atoms with Crippen LogP contribution in [-0.2, 0) is 0 Å². The van der Waals surface area contributed by atoms with Gasteiger partial charge in [-0.1, -0.05) is 12.1 Å². The van der Waals surface area contributed by atoms with Gasteiger partial charge in [0.05, 0.1) is 6.04 Å². The molecule has 0 aliphatic heterocycles. The fourth-order valence-corrected chi connectivity index (χ4v) is 2.30. The number of aryl methyl sites for hydroxylation is 3. The van der Waals surface area contributed by atoms with Gasteiger partial charge < -0.3 is 5.73 Å². The smallest absolute Gasteiger partial charge is 0.128 e. The maximum absolute atomic E-state index is 14.1. The number of pyridine rings is 1. The summed E-state index contributed by atoms with van der Waals surface area (Å²) < 4.78 is 14.1. The molecule has 1 aromatic carbocycles. The van der Waals surface area contributed by atoms with Crippen LogP contribution < -0.4 is 5.73 Å². The Morgan fingerprint density at radius 1 is 1.22 bits per heavy atom. The lowest BCUT2D eigenvalue weighted by Crippen LogP contribution is -2.17. The second kappa shape index (κ2) is 4.86. The van der Waals surface area contributed by atoms with Crippen molar-refractivity contribution in [3.05, 3.63) is 64.2 Å². The van der Waals surface area contributed by atoms with Crippen molar-refractivity contribution in [2.24, 2.45) is 5.73 Å². The van der Waals surface area contributed by atoms with E-state index in [4.69, 9.17) is 5.73 Å². The third-order valence-electron chi connectivity index (χ3n) is 3.17. The van der Waals surface area contributed by atoms with Gasteiger partial charge in [0, 0.05) is 17.5 Å². The number of nitrogens with two attached hydrogens (primary N) is 1. The highest BCUT2D eigenvalue weighted by Crippen LogP contribution is 2.27. The Morgan fingerprint density at radius 2 is 1.94 bits per heavy atom. The van der Waals surface area contributed by atoms with E-state index >= 15 is 0 Å². The van der Waals surface area contributed by atoms with E-state index in [2.05, 4.69) is 4.98 Å². The number of rotatable bonds is 2. The average Bonchev–Trinajstić information content (AvgIpc) is 2.27. The second-order valence-electron chi connectivity index (χ2n) is 4.63. The molecule has 0 aliphatic rings. The van der Waals surface area contributed by atoms with Gasteiger partial charge >= 0.3 is 0 Å². The predicted octanol–water partition coefficient (Wildman–Crippen LogP) is 3.19. The molecule has 0 saturated carbocycles. The van der Waals surface area contributed by atoms with Gasteiger partial charge in [0.1, 0.15) is 5.82 Å². The molecule has 2 nitrogen and oxygen atoms in total. The van der Waals surface area contributed by atoms with Crippen LogP contribution in [0, 0.1) is 26.6 Å². The number of halogens is 1. The maximum Gasteiger partial charge on any atom is 0.128 e. The molecule has 0 amide bonds. The summed E-state index contributed by atoms with van der Waals surface area (Å²) in [5.74, 6) is -0.247. The molecule has 1 unspecified atom stereocenters. The molecule has 0 radical (unpaired) electrons. The van der Waals surface area contributed by atoms with Crippen LogP contribution >= 0.6 is 0 Å². The Hall–Kier alpha value is -1.74. The largest absolute Gasteiger partial charge is 0.320 e. The fourth-order valence-electron chi connectivity index (χ4n) is 2.30. The maximum atomic E-state index is 14.1. The third-order valence-corrected chi connectivity index (χ3v) is 3.17. The Labute approximate surface area is 107 Å². The van der Waals surface area contributed by atoms with Crippen molar-refractivity contribution < 1.29 is 4.39 Å². The minimum atomic E-state index is -0.473. The third kappa shape index (κ3) is 2.27. The normalized spacial score (nSPS) is 12.5. The number of hydrogen-bond acceptors (Lipinski definition) is 2. The number of benzene rings is 1. The molecule has 2 aromatic rings. The first kappa shape index (κ1) is 12.7. The van der Waals surface area contributed by atoms with E-state index in [1.807, 2.05) is 39.0 Å². The number of hydrogen-bond donors (Lipinski definition) is 1. The first-order valence-electron chi connectivity index (χ1n) is 5.94. The lowest BCUT2D eigenvalue weighted by atomic mass is 9.93. The zero-order valence-electron chi connectivity index (χ0n) is 10.9. The van der Waals surface area contributed by atoms with Crippen LogP contribution in [0.3, 0.4) is 0 Å². The fraction of sp³-hybridized carbons (Fsp3) is 0.267. The lowest BCUT2D eigenvalue weighted by molar-refractivity contribution is 0.595. The molecule has 94 valence electrons. The van der Waals surface area contributed by atoms with Crippen molar-refractivity contribution in [2.45, 2.75) is 26.8 Å². The first-order valence-corrected chi connectivity index (χ1v) is 5.94. The molecule has 0 aliphatic carbocycles. The van der Waals surface area contributed by atoms with Gasteiger partial charge in [-0.2, -0.15) is 0 Å². The van der Waals surface area contributed by atoms with Crippen LogP contribution in [0.1, 0.15) is 34.0 Å². The Kier molecular flexibility index (Phi) is 3.43. The van der Waals surface area contributed by atoms with Gasteiger partial charge in [-0.05, 0) is 49.6 Å². The van der Waals surface area contributed by atoms with Gasteiger partial charge in [0.15, 0.2) is 0 Å². The zero-order valence-corrected chi connectivity index (χ0v) is 10.9. The molecule has 2 rings (SSSR count). The van der Waals surface area contributed by atoms with Crippen LogP contribution in [0.15, 0.2) is 30.5 Å². The van der Waals surface area contributed by atoms with Gasteiger partial charge in [-0.15, -0.1) is 0 Å². The van der Waals surface area contributed by atoms with E-state index in [0.717, 1.165) is 22.4 Å². The summed E-state index contributed by atoms with van der Waals surface area (Å²) in [5.41, 5.74) is 10.2. The van der Waals surface area contributed by atoms with Gasteiger partial charge in [0.2, 0.25) is 0 Å². The standard InChI is InChI=1S/C15H17FN2/c1-9-7-10(2)14(13(16)8-9)15(17)12-5-4-6-18-11(12)3/h4-8,15H,17H2,1-3H3. The van der Waals surface area contributed by atoms with Crippen molar-refractivity contribution >= 4 is 0 Å². The monoisotopic (exact) mass is 244 g/mol. The average molecular weight is 244 g/mol. The first-order chi connectivity index (χ1) is 8.50. The minimum Gasteiger partial charge on any atom is -0.320 e. The molecule has 3 heteroatoms. The van der Waals surface area contributed by atoms with E-state index < -0.39 is 6.04 Å². The van der Waals surface area contributed by atoms with Crippen LogP contribution in [0.5, 0.6) is 0 Å². The topological polar surface area (TPSA) is 38.9 Å². The highest BCUT2D eigenvalue weighted by atomic mass is 19.1. The molecule has 1 atom stereocenters. The van der Waals surface area contributed by atoms with Gasteiger partial charge in [0.25, 0.3) is 0 Å². The Morgan fingerprint density at radius 3 is 2.56 bits per heavy atom. The van der Waals surface area contributed by atoms with Gasteiger partial charge in [-0.3, -0.25) is 4.98 Å². The van der Waals surface area contributed by atoms with Crippen LogP contribution in [0.2, 0.25) is 0 Å². The highest BCUT2D eigenvalue weighted by Gasteiger charge is 2.18. The molecule has 18 heavy (non-hydrogen) atoms. The van der Waals surface area contributed by atoms with Crippen molar-refractivity contribution in [1.29, 1.82) is 0 Å². The Balaban J connectivity index is 2.53. The van der Waals surface area contributed by atoms with Crippen LogP contribution in [0.4, 0.5) is 4.39 Å². The Bertz CT molecular complexity index is 555. The summed E-state index contributed by atoms with van der Waals surface area (Å²) in [4.78, 5) is 4.20. The molecule has 2 N–H and O–H groups in total. The van der Waals surface area contributed by atoms with Crippen molar-refractivity contribution in [2.75, 3.05) is 0 Å². The summed E-state index contributed by atoms with van der Waals surface area (Å²) in [5, 5.41) is 0. The summed E-state index contributed by atoms with van der Waals surface area (Å²) in [6.07, 6.45) is 1.71. The predicted molar refractivity (Wildman–Crippen MR) is 70.9 cm³/mol. The second-order valence-corrected chi connectivity index (χ2v) is 4.63. The zero-order chi connectivity index (χ0) is 13.3. The van der Waals surface area contributed by atoms with Crippen molar-refractivity contribution in [1.82, 2.24) is 4.98 Å². The summed E-state index contributed by atoms with van der Waals surface area (Å²) in [7, 11) is 0. The lowest BCUT2D eigenvalue weighted by Gasteiger charge is -2.18. The van der Waals surface area contributed by atoms with Crippen LogP contribution in [-0.4, -0.2) is 4.98 Å². The summed E-state index contributed by atoms with van der Waals surface area (Å²) in [6, 6.07) is 6.71. The molecule has 0 spiro atoms. The molecular formula is C15H17FN2. The summed E-state index contributed by atoms with van der Waals surface area (Å²) in [6.45, 7) is 5.65. The minimum absolute atomic E-state index is 0.247. The van der Waals surface area contributed by atoms with E-state index in [1.54, 1.807) is 6.20 Å². The highest BCUT2D eigenvalue weighted by molar-refractivity contribution is 5.40. The molecule has 0 bridgehead atoms. The number of nitrogens with zero attached hydrogens (tertiary/aromatic N) is 1. The van der Waals surface area contributed by atoms with E-state index in [-0.39, 0.29) is 5.82 Å². The summed E-state index contributed by atoms with van der Waals surface area (Å²) >= 11 is 0. The van der Waals surface area contributed by atoms with E-state index in [1.165, 1.54) is 6.07 Å². The van der Waals surface area contributed by atoms with Gasteiger partial charge in [-0.25, -0.2) is 4.39 Å².